The van der Waals surface area contributed by atoms with Gasteiger partial charge in [0.25, 0.3) is 0 Å². The molecule has 0 aliphatic carbocycles. The second-order valence-corrected chi connectivity index (χ2v) is 6.84. The molecule has 4 rings (SSSR count). The van der Waals surface area contributed by atoms with Gasteiger partial charge < -0.3 is 0 Å². The Balaban J connectivity index is 1.68. The van der Waals surface area contributed by atoms with E-state index in [1.165, 1.54) is 10.4 Å². The fourth-order valence-corrected chi connectivity index (χ4v) is 3.79. The van der Waals surface area contributed by atoms with Crippen LogP contribution in [-0.2, 0) is 0 Å². The molecule has 0 aliphatic heterocycles. The summed E-state index contributed by atoms with van der Waals surface area (Å²) in [7, 11) is 0. The third-order valence-electron chi connectivity index (χ3n) is 4.13. The zero-order valence-corrected chi connectivity index (χ0v) is 15.2. The van der Waals surface area contributed by atoms with Crippen LogP contribution in [0.25, 0.3) is 20.7 Å². The highest BCUT2D eigenvalue weighted by Crippen LogP contribution is 2.34. The van der Waals surface area contributed by atoms with Crippen molar-refractivity contribution in [3.63, 3.8) is 0 Å². The Hall–Kier alpha value is -3.05. The molecule has 0 unspecified atom stereocenters. The predicted molar refractivity (Wildman–Crippen MR) is 110 cm³/mol. The average molecular weight is 358 g/mol. The number of benzene rings is 2. The summed E-state index contributed by atoms with van der Waals surface area (Å²) in [5, 5.41) is 5.59. The first-order valence-corrected chi connectivity index (χ1v) is 9.34. The first kappa shape index (κ1) is 16.4. The molecule has 0 radical (unpaired) electrons. The number of fused-ring (bicyclic) bond motifs is 1. The van der Waals surface area contributed by atoms with Crippen molar-refractivity contribution in [1.29, 1.82) is 0 Å². The minimum absolute atomic E-state index is 0.732. The number of anilines is 1. The van der Waals surface area contributed by atoms with Crippen LogP contribution in [0.15, 0.2) is 78.2 Å². The lowest BCUT2D eigenvalue weighted by atomic mass is 10.1. The number of hydrogen-bond donors (Lipinski definition) is 1. The Morgan fingerprint density at radius 2 is 1.73 bits per heavy atom. The first-order valence-electron chi connectivity index (χ1n) is 8.53. The van der Waals surface area contributed by atoms with Crippen molar-refractivity contribution in [2.75, 3.05) is 5.43 Å². The fraction of sp³-hybridized carbons (Fsp3) is 0.0952. The van der Waals surface area contributed by atoms with Crippen molar-refractivity contribution in [2.45, 2.75) is 13.3 Å². The third-order valence-corrected chi connectivity index (χ3v) is 5.22. The molecular weight excluding hydrogens is 340 g/mol. The van der Waals surface area contributed by atoms with Gasteiger partial charge in [0.05, 0.1) is 11.1 Å². The molecule has 4 aromatic rings. The van der Waals surface area contributed by atoms with Crippen LogP contribution in [0, 0.1) is 0 Å². The Morgan fingerprint density at radius 1 is 1.00 bits per heavy atom. The molecule has 4 nitrogen and oxygen atoms in total. The van der Waals surface area contributed by atoms with E-state index in [-0.39, 0.29) is 0 Å². The number of nitrogens with one attached hydrogen (secondary N) is 1. The third kappa shape index (κ3) is 3.34. The lowest BCUT2D eigenvalue weighted by Crippen LogP contribution is -2.04. The molecule has 1 N–H and O–H groups in total. The predicted octanol–water partition coefficient (Wildman–Crippen LogP) is 5.58. The van der Waals surface area contributed by atoms with Gasteiger partial charge in [-0.1, -0.05) is 67.6 Å². The number of rotatable bonds is 5. The number of aromatic nitrogens is 2. The standard InChI is InChI=1S/C21H18N4S/c1-2-18(15-9-5-3-6-10-15)24-25-20-17-13-19(16-11-7-4-8-12-16)26-21(17)23-14-22-20/h3-14H,2H2,1H3,(H,22,23,25)/b24-18+. The summed E-state index contributed by atoms with van der Waals surface area (Å²) < 4.78 is 0. The van der Waals surface area contributed by atoms with Crippen LogP contribution in [-0.4, -0.2) is 15.7 Å². The molecule has 26 heavy (non-hydrogen) atoms. The van der Waals surface area contributed by atoms with Gasteiger partial charge in [0.2, 0.25) is 0 Å². The SMILES string of the molecule is CC/C(=N\Nc1ncnc2sc(-c3ccccc3)cc12)c1ccccc1. The highest BCUT2D eigenvalue weighted by atomic mass is 32.1. The van der Waals surface area contributed by atoms with Crippen LogP contribution in [0.1, 0.15) is 18.9 Å². The van der Waals surface area contributed by atoms with Crippen molar-refractivity contribution in [1.82, 2.24) is 9.97 Å². The quantitative estimate of drug-likeness (QED) is 0.374. The van der Waals surface area contributed by atoms with Crippen LogP contribution in [0.4, 0.5) is 5.82 Å². The van der Waals surface area contributed by atoms with Gasteiger partial charge in [-0.2, -0.15) is 5.10 Å². The van der Waals surface area contributed by atoms with Crippen LogP contribution in [0.5, 0.6) is 0 Å². The van der Waals surface area contributed by atoms with Gasteiger partial charge >= 0.3 is 0 Å². The van der Waals surface area contributed by atoms with Crippen molar-refractivity contribution >= 4 is 33.1 Å². The average Bonchev–Trinajstić information content (AvgIpc) is 3.15. The van der Waals surface area contributed by atoms with E-state index in [2.05, 4.69) is 57.8 Å². The molecule has 0 saturated carbocycles. The minimum atomic E-state index is 0.732. The van der Waals surface area contributed by atoms with Crippen LogP contribution < -0.4 is 5.43 Å². The molecule has 2 aromatic carbocycles. The molecule has 0 saturated heterocycles. The normalized spacial score (nSPS) is 11.7. The highest BCUT2D eigenvalue weighted by molar-refractivity contribution is 7.21. The van der Waals surface area contributed by atoms with Gasteiger partial charge in [-0.3, -0.25) is 5.43 Å². The zero-order valence-electron chi connectivity index (χ0n) is 14.4. The summed E-state index contributed by atoms with van der Waals surface area (Å²) in [4.78, 5) is 10.9. The summed E-state index contributed by atoms with van der Waals surface area (Å²) >= 11 is 1.66. The first-order chi connectivity index (χ1) is 12.8. The molecule has 0 atom stereocenters. The summed E-state index contributed by atoms with van der Waals surface area (Å²) in [5.41, 5.74) is 6.44. The number of thiophene rings is 1. The summed E-state index contributed by atoms with van der Waals surface area (Å²) in [6, 6.07) is 22.6. The maximum atomic E-state index is 4.60. The van der Waals surface area contributed by atoms with E-state index < -0.39 is 0 Å². The van der Waals surface area contributed by atoms with Gasteiger partial charge in [0.15, 0.2) is 5.82 Å². The van der Waals surface area contributed by atoms with Gasteiger partial charge in [-0.25, -0.2) is 9.97 Å². The number of hydrogen-bond acceptors (Lipinski definition) is 5. The van der Waals surface area contributed by atoms with Gasteiger partial charge in [0.1, 0.15) is 11.2 Å². The Labute approximate surface area is 156 Å². The van der Waals surface area contributed by atoms with E-state index in [4.69, 9.17) is 0 Å². The maximum Gasteiger partial charge on any atom is 0.158 e. The second-order valence-electron chi connectivity index (χ2n) is 5.81. The largest absolute Gasteiger partial charge is 0.260 e. The molecule has 128 valence electrons. The number of hydrazone groups is 1. The molecule has 5 heteroatoms. The van der Waals surface area contributed by atoms with E-state index >= 15 is 0 Å². The van der Waals surface area contributed by atoms with Crippen molar-refractivity contribution in [2.24, 2.45) is 5.10 Å². The highest BCUT2D eigenvalue weighted by Gasteiger charge is 2.10. The maximum absolute atomic E-state index is 4.60. The van der Waals surface area contributed by atoms with E-state index in [1.54, 1.807) is 17.7 Å². The molecule has 0 aliphatic rings. The monoisotopic (exact) mass is 358 g/mol. The summed E-state index contributed by atoms with van der Waals surface area (Å²) in [5.74, 6) is 0.732. The van der Waals surface area contributed by atoms with Gasteiger partial charge in [-0.05, 0) is 23.6 Å². The van der Waals surface area contributed by atoms with Gasteiger partial charge in [-0.15, -0.1) is 11.3 Å². The zero-order chi connectivity index (χ0) is 17.8. The second kappa shape index (κ2) is 7.45. The molecule has 0 spiro atoms. The van der Waals surface area contributed by atoms with Crippen molar-refractivity contribution in [3.8, 4) is 10.4 Å². The lowest BCUT2D eigenvalue weighted by molar-refractivity contribution is 1.16. The molecule has 0 bridgehead atoms. The smallest absolute Gasteiger partial charge is 0.158 e. The molecule has 0 fully saturated rings. The van der Waals surface area contributed by atoms with Crippen LogP contribution in [0.3, 0.4) is 0 Å². The minimum Gasteiger partial charge on any atom is -0.260 e. The Bertz CT molecular complexity index is 1040. The van der Waals surface area contributed by atoms with Crippen LogP contribution >= 0.6 is 11.3 Å². The van der Waals surface area contributed by atoms with Crippen molar-refractivity contribution in [3.05, 3.63) is 78.6 Å². The van der Waals surface area contributed by atoms with E-state index in [9.17, 15) is 0 Å². The van der Waals surface area contributed by atoms with Crippen LogP contribution in [0.2, 0.25) is 0 Å². The Morgan fingerprint density at radius 3 is 2.46 bits per heavy atom. The van der Waals surface area contributed by atoms with E-state index in [0.29, 0.717) is 0 Å². The van der Waals surface area contributed by atoms with E-state index in [1.807, 2.05) is 36.4 Å². The summed E-state index contributed by atoms with van der Waals surface area (Å²) in [6.07, 6.45) is 2.42. The lowest BCUT2D eigenvalue weighted by Gasteiger charge is -2.05. The topological polar surface area (TPSA) is 50.2 Å². The molecule has 2 heterocycles. The molecular formula is C21H18N4S. The molecule has 0 amide bonds. The molecule has 2 aromatic heterocycles. The van der Waals surface area contributed by atoms with Crippen molar-refractivity contribution < 1.29 is 0 Å². The van der Waals surface area contributed by atoms with Gasteiger partial charge in [0, 0.05) is 4.88 Å². The summed E-state index contributed by atoms with van der Waals surface area (Å²) in [6.45, 7) is 2.10. The number of nitrogens with zero attached hydrogens (tertiary/aromatic N) is 3. The Kier molecular flexibility index (Phi) is 4.71. The fourth-order valence-electron chi connectivity index (χ4n) is 2.79. The van der Waals surface area contributed by atoms with E-state index in [0.717, 1.165) is 33.7 Å².